The summed E-state index contributed by atoms with van der Waals surface area (Å²) in [5, 5.41) is 11.3. The Kier molecular flexibility index (Phi) is 16.6. The first-order valence-corrected chi connectivity index (χ1v) is 20.9. The summed E-state index contributed by atoms with van der Waals surface area (Å²) in [5.74, 6) is 0.0928. The van der Waals surface area contributed by atoms with Crippen molar-refractivity contribution in [3.05, 3.63) is 89.0 Å². The second kappa shape index (κ2) is 21.8. The van der Waals surface area contributed by atoms with Crippen LogP contribution in [0.1, 0.15) is 88.0 Å². The third kappa shape index (κ3) is 13.7. The molecule has 0 aliphatic carbocycles. The van der Waals surface area contributed by atoms with E-state index >= 15 is 0 Å². The van der Waals surface area contributed by atoms with Crippen LogP contribution in [0.2, 0.25) is 0 Å². The van der Waals surface area contributed by atoms with Crippen molar-refractivity contribution in [1.82, 2.24) is 15.0 Å². The maximum atomic E-state index is 13.7. The van der Waals surface area contributed by atoms with Crippen LogP contribution in [0, 0.1) is 39.5 Å². The second-order valence-electron chi connectivity index (χ2n) is 16.0. The van der Waals surface area contributed by atoms with Gasteiger partial charge in [0, 0.05) is 23.3 Å². The molecule has 1 aromatic heterocycles. The quantitative estimate of drug-likeness (QED) is 0.0435. The zero-order valence-electron chi connectivity index (χ0n) is 35.8. The van der Waals surface area contributed by atoms with Gasteiger partial charge in [-0.3, -0.25) is 9.59 Å². The largest absolute Gasteiger partial charge is 0.504 e. The summed E-state index contributed by atoms with van der Waals surface area (Å²) >= 11 is 0. The van der Waals surface area contributed by atoms with Crippen molar-refractivity contribution in [3.63, 3.8) is 0 Å². The standard InChI is InChI=1S/C48H61N3O8/c1-9-11-12-35(10-2)25-55-26-39(59-48(54)37(16-13-30(3)4)24-44(53)58-28-38-27-56-38)29-57-43-20-17-36(23-42(43)52)45-49-46(40-18-14-31(5)21-33(40)7)51-47(50-45)41-19-15-32(6)22-34(41)8/h14-15,17-23,35,37-39,52H,3,9-13,16,24-29H2,1-2,4-8H3. The lowest BCUT2D eigenvalue weighted by molar-refractivity contribution is -0.163. The summed E-state index contributed by atoms with van der Waals surface area (Å²) in [7, 11) is 0. The van der Waals surface area contributed by atoms with Crippen molar-refractivity contribution < 1.29 is 38.4 Å². The molecule has 4 atom stereocenters. The molecule has 11 nitrogen and oxygen atoms in total. The first-order chi connectivity index (χ1) is 28.3. The van der Waals surface area contributed by atoms with E-state index in [9.17, 15) is 14.7 Å². The molecule has 316 valence electrons. The number of hydrogen-bond acceptors (Lipinski definition) is 11. The van der Waals surface area contributed by atoms with Gasteiger partial charge in [0.2, 0.25) is 0 Å². The molecule has 2 heterocycles. The summed E-state index contributed by atoms with van der Waals surface area (Å²) in [4.78, 5) is 41.1. The van der Waals surface area contributed by atoms with Crippen LogP contribution >= 0.6 is 0 Å². The van der Waals surface area contributed by atoms with Gasteiger partial charge in [-0.2, -0.15) is 0 Å². The van der Waals surface area contributed by atoms with Gasteiger partial charge in [0.15, 0.2) is 35.1 Å². The van der Waals surface area contributed by atoms with Crippen LogP contribution in [0.3, 0.4) is 0 Å². The number of aromatic nitrogens is 3. The Morgan fingerprint density at radius 2 is 1.51 bits per heavy atom. The number of phenolic OH excluding ortho intramolecular Hbond substituents is 1. The normalized spacial score (nSPS) is 14.9. The monoisotopic (exact) mass is 807 g/mol. The van der Waals surface area contributed by atoms with Gasteiger partial charge in [-0.05, 0) is 89.1 Å². The average Bonchev–Trinajstić information content (AvgIpc) is 4.04. The van der Waals surface area contributed by atoms with E-state index in [0.29, 0.717) is 55.0 Å². The highest BCUT2D eigenvalue weighted by Crippen LogP contribution is 2.34. The highest BCUT2D eigenvalue weighted by atomic mass is 16.6. The number of unbranched alkanes of at least 4 members (excludes halogenated alkanes) is 1. The molecule has 1 N–H and O–H groups in total. The lowest BCUT2D eigenvalue weighted by Crippen LogP contribution is -2.34. The molecule has 0 bridgehead atoms. The zero-order valence-corrected chi connectivity index (χ0v) is 35.8. The number of epoxide rings is 1. The Balaban J connectivity index is 1.37. The molecule has 3 aromatic carbocycles. The Bertz CT molecular complexity index is 1990. The SMILES string of the molecule is C=C(C)CCC(CC(=O)OCC1CO1)C(=O)OC(COCC(CC)CCCC)COc1ccc(-c2nc(-c3ccc(C)cc3C)nc(-c3ccc(C)cc3C)n2)cc1O. The molecule has 1 aliphatic heterocycles. The molecule has 11 heteroatoms. The predicted molar refractivity (Wildman–Crippen MR) is 229 cm³/mol. The Hall–Kier alpha value is -5.13. The minimum Gasteiger partial charge on any atom is -0.504 e. The highest BCUT2D eigenvalue weighted by Gasteiger charge is 2.30. The van der Waals surface area contributed by atoms with Gasteiger partial charge in [0.25, 0.3) is 0 Å². The van der Waals surface area contributed by atoms with Crippen molar-refractivity contribution in [3.8, 4) is 45.7 Å². The van der Waals surface area contributed by atoms with E-state index in [0.717, 1.165) is 64.6 Å². The topological polar surface area (TPSA) is 142 Å². The van der Waals surface area contributed by atoms with Gasteiger partial charge >= 0.3 is 11.9 Å². The Morgan fingerprint density at radius 3 is 2.07 bits per heavy atom. The van der Waals surface area contributed by atoms with Crippen LogP contribution in [0.15, 0.2) is 66.7 Å². The first-order valence-electron chi connectivity index (χ1n) is 20.9. The number of hydrogen-bond donors (Lipinski definition) is 1. The number of carbonyl (C=O) groups excluding carboxylic acids is 2. The van der Waals surface area contributed by atoms with E-state index in [1.165, 1.54) is 0 Å². The van der Waals surface area contributed by atoms with E-state index in [4.69, 9.17) is 38.6 Å². The number of phenols is 1. The summed E-state index contributed by atoms with van der Waals surface area (Å²) in [5.41, 5.74) is 7.59. The van der Waals surface area contributed by atoms with Gasteiger partial charge in [-0.25, -0.2) is 15.0 Å². The van der Waals surface area contributed by atoms with Gasteiger partial charge in [0.05, 0.1) is 25.6 Å². The molecule has 0 saturated carbocycles. The van der Waals surface area contributed by atoms with Crippen molar-refractivity contribution in [2.45, 2.75) is 106 Å². The molecule has 0 spiro atoms. The molecule has 1 saturated heterocycles. The molecule has 1 aliphatic rings. The number of nitrogens with zero attached hydrogens (tertiary/aromatic N) is 3. The van der Waals surface area contributed by atoms with Crippen LogP contribution in [-0.2, 0) is 28.5 Å². The lowest BCUT2D eigenvalue weighted by Gasteiger charge is -2.23. The van der Waals surface area contributed by atoms with Gasteiger partial charge in [-0.15, -0.1) is 6.58 Å². The molecule has 0 amide bonds. The number of ether oxygens (including phenoxy) is 5. The van der Waals surface area contributed by atoms with Crippen molar-refractivity contribution >= 4 is 11.9 Å². The fraction of sp³-hybridized carbons (Fsp3) is 0.479. The van der Waals surface area contributed by atoms with Crippen molar-refractivity contribution in [1.29, 1.82) is 0 Å². The van der Waals surface area contributed by atoms with Crippen LogP contribution in [0.5, 0.6) is 11.5 Å². The highest BCUT2D eigenvalue weighted by molar-refractivity contribution is 5.80. The average molecular weight is 808 g/mol. The number of aromatic hydroxyl groups is 1. The first kappa shape index (κ1) is 45.0. The lowest BCUT2D eigenvalue weighted by atomic mass is 9.97. The van der Waals surface area contributed by atoms with E-state index in [1.54, 1.807) is 18.2 Å². The number of carbonyl (C=O) groups is 2. The molecule has 0 radical (unpaired) electrons. The molecule has 59 heavy (non-hydrogen) atoms. The van der Waals surface area contributed by atoms with Crippen molar-refractivity contribution in [2.75, 3.05) is 33.0 Å². The Labute approximate surface area is 349 Å². The second-order valence-corrected chi connectivity index (χ2v) is 16.0. The van der Waals surface area contributed by atoms with Gasteiger partial charge < -0.3 is 28.8 Å². The summed E-state index contributed by atoms with van der Waals surface area (Å²) in [6.07, 6.45) is 4.12. The minimum atomic E-state index is -0.822. The third-order valence-corrected chi connectivity index (χ3v) is 10.5. The minimum absolute atomic E-state index is 0.0775. The maximum Gasteiger partial charge on any atom is 0.310 e. The summed E-state index contributed by atoms with van der Waals surface area (Å²) in [6, 6.07) is 17.3. The number of aryl methyl sites for hydroxylation is 4. The third-order valence-electron chi connectivity index (χ3n) is 10.5. The molecule has 4 aromatic rings. The van der Waals surface area contributed by atoms with E-state index in [2.05, 4.69) is 32.6 Å². The Morgan fingerprint density at radius 1 is 0.864 bits per heavy atom. The molecule has 1 fully saturated rings. The van der Waals surface area contributed by atoms with Crippen LogP contribution in [0.25, 0.3) is 34.2 Å². The smallest absolute Gasteiger partial charge is 0.310 e. The molecular weight excluding hydrogens is 747 g/mol. The van der Waals surface area contributed by atoms with Crippen molar-refractivity contribution in [2.24, 2.45) is 11.8 Å². The van der Waals surface area contributed by atoms with E-state index in [-0.39, 0.29) is 43.8 Å². The van der Waals surface area contributed by atoms with Gasteiger partial charge in [-0.1, -0.05) is 86.2 Å². The van der Waals surface area contributed by atoms with Crippen LogP contribution < -0.4 is 4.74 Å². The molecule has 4 unspecified atom stereocenters. The van der Waals surface area contributed by atoms with E-state index in [1.807, 2.05) is 58.9 Å². The predicted octanol–water partition coefficient (Wildman–Crippen LogP) is 9.64. The van der Waals surface area contributed by atoms with Crippen LogP contribution in [0.4, 0.5) is 0 Å². The van der Waals surface area contributed by atoms with E-state index < -0.39 is 24.0 Å². The van der Waals surface area contributed by atoms with Gasteiger partial charge in [0.1, 0.15) is 19.3 Å². The number of esters is 2. The molecule has 5 rings (SSSR count). The molecular formula is C48H61N3O8. The number of allylic oxidation sites excluding steroid dienone is 1. The van der Waals surface area contributed by atoms with Crippen LogP contribution in [-0.4, -0.2) is 77.2 Å². The fourth-order valence-electron chi connectivity index (χ4n) is 6.81. The summed E-state index contributed by atoms with van der Waals surface area (Å²) < 4.78 is 28.8. The zero-order chi connectivity index (χ0) is 42.5. The number of benzene rings is 3. The fourth-order valence-corrected chi connectivity index (χ4v) is 6.81. The summed E-state index contributed by atoms with van der Waals surface area (Å²) in [6.45, 7) is 19.5. The maximum absolute atomic E-state index is 13.7. The number of rotatable bonds is 23.